The van der Waals surface area contributed by atoms with E-state index in [9.17, 15) is 19.2 Å². The van der Waals surface area contributed by atoms with Crippen molar-refractivity contribution in [3.63, 3.8) is 0 Å². The van der Waals surface area contributed by atoms with E-state index in [2.05, 4.69) is 11.4 Å². The van der Waals surface area contributed by atoms with Gasteiger partial charge in [-0.05, 0) is 44.0 Å². The van der Waals surface area contributed by atoms with Gasteiger partial charge in [0.25, 0.3) is 0 Å². The highest BCUT2D eigenvalue weighted by Crippen LogP contribution is 2.55. The molecule has 2 heterocycles. The average Bonchev–Trinajstić information content (AvgIpc) is 3.03. The maximum absolute atomic E-state index is 13.8. The Hall–Kier alpha value is -3.63. The lowest BCUT2D eigenvalue weighted by atomic mass is 9.63. The third-order valence-electron chi connectivity index (χ3n) is 6.34. The molecule has 0 bridgehead atoms. The first kappa shape index (κ1) is 20.3. The molecule has 0 saturated carbocycles. The molecular formula is C24H18ClFN4O2. The standard InChI is InChI=1S/C24H18ClFN4O2/c1-12-5-8-18-14(9-12)24(23(32)29-18)15(11-27)22(28)30(13-6-7-17(26)16(25)10-13)19-3-2-4-20(31)21(19)24/h5-10H,2-4,28H2,1H3,(H,29,32)/t24-/m0/s1. The van der Waals surface area contributed by atoms with Gasteiger partial charge in [-0.25, -0.2) is 4.39 Å². The summed E-state index contributed by atoms with van der Waals surface area (Å²) in [5, 5.41) is 13.0. The van der Waals surface area contributed by atoms with E-state index in [-0.39, 0.29) is 34.2 Å². The van der Waals surface area contributed by atoms with Crippen molar-refractivity contribution in [3.05, 3.63) is 81.0 Å². The number of allylic oxidation sites excluding steroid dienone is 1. The summed E-state index contributed by atoms with van der Waals surface area (Å²) in [7, 11) is 0. The van der Waals surface area contributed by atoms with Crippen molar-refractivity contribution >= 4 is 34.7 Å². The normalized spacial score (nSPS) is 22.1. The lowest BCUT2D eigenvalue weighted by Gasteiger charge is -2.43. The van der Waals surface area contributed by atoms with E-state index in [1.165, 1.54) is 18.2 Å². The first-order valence-electron chi connectivity index (χ1n) is 10.2. The van der Waals surface area contributed by atoms with Gasteiger partial charge >= 0.3 is 0 Å². The van der Waals surface area contributed by atoms with E-state index in [1.807, 2.05) is 19.1 Å². The molecule has 32 heavy (non-hydrogen) atoms. The molecule has 1 atom stereocenters. The fraction of sp³-hybridized carbons (Fsp3) is 0.208. The van der Waals surface area contributed by atoms with Crippen molar-refractivity contribution in [3.8, 4) is 6.07 Å². The highest BCUT2D eigenvalue weighted by Gasteiger charge is 2.60. The molecule has 8 heteroatoms. The van der Waals surface area contributed by atoms with Gasteiger partial charge in [-0.2, -0.15) is 5.26 Å². The van der Waals surface area contributed by atoms with Gasteiger partial charge < -0.3 is 11.1 Å². The first-order valence-corrected chi connectivity index (χ1v) is 10.5. The minimum Gasteiger partial charge on any atom is -0.384 e. The van der Waals surface area contributed by atoms with Crippen LogP contribution < -0.4 is 16.0 Å². The maximum atomic E-state index is 13.8. The van der Waals surface area contributed by atoms with Crippen LogP contribution in [0.4, 0.5) is 15.8 Å². The molecule has 0 aromatic heterocycles. The number of ketones is 1. The number of carbonyl (C=O) groups excluding carboxylic acids is 2. The molecule has 3 aliphatic rings. The summed E-state index contributed by atoms with van der Waals surface area (Å²) < 4.78 is 13.8. The van der Waals surface area contributed by atoms with Crippen LogP contribution in [0.1, 0.15) is 30.4 Å². The minimum atomic E-state index is -1.62. The second-order valence-electron chi connectivity index (χ2n) is 8.16. The molecule has 6 nitrogen and oxygen atoms in total. The molecule has 2 aromatic carbocycles. The highest BCUT2D eigenvalue weighted by atomic mass is 35.5. The average molecular weight is 449 g/mol. The van der Waals surface area contributed by atoms with Crippen LogP contribution in [0.15, 0.2) is 59.1 Å². The van der Waals surface area contributed by atoms with Gasteiger partial charge in [-0.1, -0.05) is 29.3 Å². The number of rotatable bonds is 1. The Labute approximate surface area is 188 Å². The Kier molecular flexibility index (Phi) is 4.40. The van der Waals surface area contributed by atoms with Crippen molar-refractivity contribution in [1.29, 1.82) is 5.26 Å². The smallest absolute Gasteiger partial charge is 0.245 e. The molecule has 1 aliphatic carbocycles. The van der Waals surface area contributed by atoms with Crippen molar-refractivity contribution in [2.24, 2.45) is 5.73 Å². The van der Waals surface area contributed by atoms with E-state index in [1.54, 1.807) is 11.0 Å². The number of nitrogens with two attached hydrogens (primary N) is 1. The fourth-order valence-corrected chi connectivity index (χ4v) is 5.20. The fourth-order valence-electron chi connectivity index (χ4n) is 5.02. The summed E-state index contributed by atoms with van der Waals surface area (Å²) in [6, 6.07) is 11.6. The molecular weight excluding hydrogens is 431 g/mol. The number of nitrogens with zero attached hydrogens (tertiary/aromatic N) is 2. The largest absolute Gasteiger partial charge is 0.384 e. The van der Waals surface area contributed by atoms with E-state index in [0.717, 1.165) is 5.56 Å². The van der Waals surface area contributed by atoms with Crippen LogP contribution in [-0.4, -0.2) is 11.7 Å². The number of Topliss-reactive ketones (excluding diaryl/α,β-unsaturated/α-hetero) is 1. The summed E-state index contributed by atoms with van der Waals surface area (Å²) in [5.41, 5.74) is 8.06. The van der Waals surface area contributed by atoms with E-state index < -0.39 is 17.1 Å². The zero-order valence-electron chi connectivity index (χ0n) is 17.1. The van der Waals surface area contributed by atoms with E-state index in [0.29, 0.717) is 35.5 Å². The third kappa shape index (κ3) is 2.50. The second-order valence-corrected chi connectivity index (χ2v) is 8.56. The van der Waals surface area contributed by atoms with Crippen LogP contribution >= 0.6 is 11.6 Å². The van der Waals surface area contributed by atoms with Crippen LogP contribution in [0.2, 0.25) is 5.02 Å². The Bertz CT molecular complexity index is 1340. The lowest BCUT2D eigenvalue weighted by molar-refractivity contribution is -0.122. The van der Waals surface area contributed by atoms with Gasteiger partial charge in [0.05, 0.1) is 10.6 Å². The first-order chi connectivity index (χ1) is 15.3. The van der Waals surface area contributed by atoms with Crippen LogP contribution in [0.3, 0.4) is 0 Å². The van der Waals surface area contributed by atoms with Crippen LogP contribution in [0.25, 0.3) is 0 Å². The predicted octanol–water partition coefficient (Wildman–Crippen LogP) is 4.20. The van der Waals surface area contributed by atoms with Crippen molar-refractivity contribution < 1.29 is 14.0 Å². The number of benzene rings is 2. The Morgan fingerprint density at radius 2 is 2.00 bits per heavy atom. The van der Waals surface area contributed by atoms with E-state index in [4.69, 9.17) is 17.3 Å². The van der Waals surface area contributed by atoms with Crippen LogP contribution in [-0.2, 0) is 15.0 Å². The molecule has 0 unspecified atom stereocenters. The highest BCUT2D eigenvalue weighted by molar-refractivity contribution is 6.31. The molecule has 0 saturated heterocycles. The van der Waals surface area contributed by atoms with Gasteiger partial charge in [0.2, 0.25) is 5.91 Å². The minimum absolute atomic E-state index is 0.0214. The van der Waals surface area contributed by atoms with Crippen molar-refractivity contribution in [2.45, 2.75) is 31.6 Å². The quantitative estimate of drug-likeness (QED) is 0.681. The molecule has 0 fully saturated rings. The topological polar surface area (TPSA) is 99.2 Å². The number of anilines is 2. The van der Waals surface area contributed by atoms with Gasteiger partial charge in [0.1, 0.15) is 23.1 Å². The van der Waals surface area contributed by atoms with Crippen LogP contribution in [0, 0.1) is 24.1 Å². The number of hydrogen-bond acceptors (Lipinski definition) is 5. The summed E-state index contributed by atoms with van der Waals surface area (Å²) in [5.74, 6) is -1.26. The third-order valence-corrected chi connectivity index (χ3v) is 6.63. The van der Waals surface area contributed by atoms with Gasteiger partial charge in [-0.3, -0.25) is 14.5 Å². The summed E-state index contributed by atoms with van der Waals surface area (Å²) >= 11 is 6.01. The molecule has 2 aliphatic heterocycles. The Morgan fingerprint density at radius 3 is 2.72 bits per heavy atom. The number of carbonyl (C=O) groups is 2. The number of hydrogen-bond donors (Lipinski definition) is 2. The van der Waals surface area contributed by atoms with Crippen LogP contribution in [0.5, 0.6) is 0 Å². The number of halogens is 2. The maximum Gasteiger partial charge on any atom is 0.245 e. The number of amides is 1. The number of nitrogens with one attached hydrogen (secondary N) is 1. The molecule has 2 aromatic rings. The summed E-state index contributed by atoms with van der Waals surface area (Å²) in [6.45, 7) is 1.88. The second kappa shape index (κ2) is 6.94. The monoisotopic (exact) mass is 448 g/mol. The SMILES string of the molecule is Cc1ccc2c(c1)[C@]1(C(=O)N2)C(C#N)=C(N)N(c2ccc(F)c(Cl)c2)C2=C1C(=O)CCC2. The Morgan fingerprint density at radius 1 is 1.22 bits per heavy atom. The Balaban J connectivity index is 1.88. The summed E-state index contributed by atoms with van der Waals surface area (Å²) in [6.07, 6.45) is 1.29. The van der Waals surface area contributed by atoms with Crippen molar-refractivity contribution in [1.82, 2.24) is 0 Å². The molecule has 160 valence electrons. The van der Waals surface area contributed by atoms with Gasteiger partial charge in [-0.15, -0.1) is 0 Å². The zero-order valence-corrected chi connectivity index (χ0v) is 17.9. The summed E-state index contributed by atoms with van der Waals surface area (Å²) in [4.78, 5) is 28.5. The molecule has 0 radical (unpaired) electrons. The number of aryl methyl sites for hydroxylation is 1. The molecule has 5 rings (SSSR count). The van der Waals surface area contributed by atoms with Crippen molar-refractivity contribution in [2.75, 3.05) is 10.2 Å². The molecule has 3 N–H and O–H groups in total. The number of nitriles is 1. The zero-order chi connectivity index (χ0) is 22.8. The molecule has 1 spiro atoms. The number of fused-ring (bicyclic) bond motifs is 3. The van der Waals surface area contributed by atoms with Gasteiger partial charge in [0.15, 0.2) is 5.78 Å². The molecule has 1 amide bonds. The van der Waals surface area contributed by atoms with E-state index >= 15 is 0 Å². The lowest BCUT2D eigenvalue weighted by Crippen LogP contribution is -2.50. The predicted molar refractivity (Wildman–Crippen MR) is 118 cm³/mol. The van der Waals surface area contributed by atoms with Gasteiger partial charge in [0, 0.05) is 34.6 Å².